The van der Waals surface area contributed by atoms with Crippen molar-refractivity contribution < 1.29 is 24.2 Å². The topological polar surface area (TPSA) is 84.9 Å². The Morgan fingerprint density at radius 3 is 2.25 bits per heavy atom. The summed E-state index contributed by atoms with van der Waals surface area (Å²) in [4.78, 5) is 24.3. The van der Waals surface area contributed by atoms with E-state index in [9.17, 15) is 14.7 Å². The Morgan fingerprint density at radius 1 is 1.08 bits per heavy atom. The second-order valence-electron chi connectivity index (χ2n) is 6.08. The van der Waals surface area contributed by atoms with Gasteiger partial charge in [-0.15, -0.1) is 0 Å². The summed E-state index contributed by atoms with van der Waals surface area (Å²) in [5.74, 6) is -1.51. The molecular weight excluding hydrogens is 310 g/mol. The first kappa shape index (κ1) is 17.8. The molecule has 0 fully saturated rings. The number of ether oxygens (including phenoxy) is 2. The van der Waals surface area contributed by atoms with E-state index in [2.05, 4.69) is 5.32 Å². The SMILES string of the molecule is COc1ccc(OC)c(NC(=O)[C@H]2CC(C)=C(C)C[C@H]2C(=O)O)c1. The summed E-state index contributed by atoms with van der Waals surface area (Å²) in [6, 6.07) is 5.08. The van der Waals surface area contributed by atoms with E-state index in [1.165, 1.54) is 14.2 Å². The van der Waals surface area contributed by atoms with Crippen LogP contribution >= 0.6 is 0 Å². The molecule has 1 aromatic carbocycles. The van der Waals surface area contributed by atoms with E-state index in [4.69, 9.17) is 9.47 Å². The summed E-state index contributed by atoms with van der Waals surface area (Å²) in [5, 5.41) is 12.3. The molecule has 0 aliphatic heterocycles. The molecule has 130 valence electrons. The van der Waals surface area contributed by atoms with Crippen LogP contribution in [0.1, 0.15) is 26.7 Å². The first-order chi connectivity index (χ1) is 11.4. The van der Waals surface area contributed by atoms with Crippen molar-refractivity contribution in [2.24, 2.45) is 11.8 Å². The van der Waals surface area contributed by atoms with Crippen LogP contribution in [-0.4, -0.2) is 31.2 Å². The largest absolute Gasteiger partial charge is 0.497 e. The lowest BCUT2D eigenvalue weighted by atomic mass is 9.76. The molecule has 0 saturated heterocycles. The highest BCUT2D eigenvalue weighted by molar-refractivity contribution is 5.97. The van der Waals surface area contributed by atoms with Crippen LogP contribution in [0.5, 0.6) is 11.5 Å². The van der Waals surface area contributed by atoms with Crippen LogP contribution in [0.15, 0.2) is 29.3 Å². The van der Waals surface area contributed by atoms with Crippen molar-refractivity contribution in [2.75, 3.05) is 19.5 Å². The molecular formula is C18H23NO5. The number of rotatable bonds is 5. The molecule has 1 aromatic rings. The van der Waals surface area contributed by atoms with Crippen LogP contribution in [0.3, 0.4) is 0 Å². The third-order valence-electron chi connectivity index (χ3n) is 4.58. The molecule has 24 heavy (non-hydrogen) atoms. The molecule has 1 amide bonds. The molecule has 1 aliphatic carbocycles. The van der Waals surface area contributed by atoms with E-state index >= 15 is 0 Å². The zero-order valence-corrected chi connectivity index (χ0v) is 14.4. The molecule has 0 unspecified atom stereocenters. The highest BCUT2D eigenvalue weighted by Crippen LogP contribution is 2.36. The van der Waals surface area contributed by atoms with Crippen LogP contribution in [-0.2, 0) is 9.59 Å². The average molecular weight is 333 g/mol. The number of anilines is 1. The summed E-state index contributed by atoms with van der Waals surface area (Å²) in [6.07, 6.45) is 0.843. The van der Waals surface area contributed by atoms with Gasteiger partial charge in [0, 0.05) is 6.07 Å². The number of hydrogen-bond donors (Lipinski definition) is 2. The Balaban J connectivity index is 2.26. The predicted octanol–water partition coefficient (Wildman–Crippen LogP) is 3.09. The van der Waals surface area contributed by atoms with E-state index < -0.39 is 17.8 Å². The highest BCUT2D eigenvalue weighted by atomic mass is 16.5. The fourth-order valence-corrected chi connectivity index (χ4v) is 2.96. The van der Waals surface area contributed by atoms with Crippen LogP contribution < -0.4 is 14.8 Å². The van der Waals surface area contributed by atoms with Gasteiger partial charge in [-0.05, 0) is 38.8 Å². The van der Waals surface area contributed by atoms with Crippen molar-refractivity contribution >= 4 is 17.6 Å². The average Bonchev–Trinajstić information content (AvgIpc) is 2.56. The molecule has 2 N–H and O–H groups in total. The molecule has 0 saturated carbocycles. The summed E-state index contributed by atoms with van der Waals surface area (Å²) in [7, 11) is 3.04. The standard InChI is InChI=1S/C18H23NO5/c1-10-7-13(14(18(21)22)8-11(10)2)17(20)19-15-9-12(23-3)5-6-16(15)24-4/h5-6,9,13-14H,7-8H2,1-4H3,(H,19,20)(H,21,22)/t13-,14+/m0/s1. The molecule has 1 aliphatic rings. The Kier molecular flexibility index (Phi) is 5.49. The van der Waals surface area contributed by atoms with Gasteiger partial charge in [-0.2, -0.15) is 0 Å². The lowest BCUT2D eigenvalue weighted by molar-refractivity contribution is -0.146. The lowest BCUT2D eigenvalue weighted by Gasteiger charge is -2.29. The van der Waals surface area contributed by atoms with Crippen molar-refractivity contribution in [2.45, 2.75) is 26.7 Å². The van der Waals surface area contributed by atoms with Crippen LogP contribution in [0.4, 0.5) is 5.69 Å². The molecule has 6 heteroatoms. The minimum absolute atomic E-state index is 0.319. The molecule has 0 aromatic heterocycles. The summed E-state index contributed by atoms with van der Waals surface area (Å²) in [5.41, 5.74) is 2.59. The fourth-order valence-electron chi connectivity index (χ4n) is 2.96. The van der Waals surface area contributed by atoms with E-state index in [1.54, 1.807) is 18.2 Å². The second-order valence-corrected chi connectivity index (χ2v) is 6.08. The summed E-state index contributed by atoms with van der Waals surface area (Å²) in [6.45, 7) is 3.87. The third-order valence-corrected chi connectivity index (χ3v) is 4.58. The first-order valence-electron chi connectivity index (χ1n) is 7.78. The van der Waals surface area contributed by atoms with E-state index in [0.717, 1.165) is 11.1 Å². The third kappa shape index (κ3) is 3.69. The quantitative estimate of drug-likeness (QED) is 0.809. The van der Waals surface area contributed by atoms with Gasteiger partial charge in [-0.3, -0.25) is 9.59 Å². The van der Waals surface area contributed by atoms with Crippen molar-refractivity contribution in [1.82, 2.24) is 0 Å². The lowest BCUT2D eigenvalue weighted by Crippen LogP contribution is -2.36. The molecule has 6 nitrogen and oxygen atoms in total. The number of nitrogens with one attached hydrogen (secondary N) is 1. The van der Waals surface area contributed by atoms with Crippen LogP contribution in [0.25, 0.3) is 0 Å². The molecule has 2 rings (SSSR count). The summed E-state index contributed by atoms with van der Waals surface area (Å²) >= 11 is 0. The Labute approximate surface area is 141 Å². The van der Waals surface area contributed by atoms with E-state index in [1.807, 2.05) is 13.8 Å². The summed E-state index contributed by atoms with van der Waals surface area (Å²) < 4.78 is 10.4. The number of methoxy groups -OCH3 is 2. The molecule has 2 atom stereocenters. The molecule has 0 spiro atoms. The van der Waals surface area contributed by atoms with E-state index in [0.29, 0.717) is 30.0 Å². The maximum atomic E-state index is 12.7. The smallest absolute Gasteiger partial charge is 0.307 e. The molecule has 0 bridgehead atoms. The maximum absolute atomic E-state index is 12.7. The monoisotopic (exact) mass is 333 g/mol. The molecule has 0 radical (unpaired) electrons. The minimum Gasteiger partial charge on any atom is -0.497 e. The van der Waals surface area contributed by atoms with Crippen molar-refractivity contribution in [1.29, 1.82) is 0 Å². The van der Waals surface area contributed by atoms with Gasteiger partial charge in [0.25, 0.3) is 0 Å². The number of carboxylic acid groups (broad SMARTS) is 1. The maximum Gasteiger partial charge on any atom is 0.307 e. The zero-order valence-electron chi connectivity index (χ0n) is 14.4. The van der Waals surface area contributed by atoms with Crippen molar-refractivity contribution in [3.63, 3.8) is 0 Å². The van der Waals surface area contributed by atoms with Gasteiger partial charge in [0.05, 0.1) is 31.7 Å². The Hall–Kier alpha value is -2.50. The number of hydrogen-bond acceptors (Lipinski definition) is 4. The number of amides is 1. The number of carbonyl (C=O) groups excluding carboxylic acids is 1. The first-order valence-corrected chi connectivity index (χ1v) is 7.78. The van der Waals surface area contributed by atoms with Gasteiger partial charge in [0.15, 0.2) is 0 Å². The minimum atomic E-state index is -0.945. The predicted molar refractivity (Wildman–Crippen MR) is 90.4 cm³/mol. The van der Waals surface area contributed by atoms with Crippen LogP contribution in [0, 0.1) is 11.8 Å². The van der Waals surface area contributed by atoms with E-state index in [-0.39, 0.29) is 5.91 Å². The van der Waals surface area contributed by atoms with Crippen molar-refractivity contribution in [3.8, 4) is 11.5 Å². The van der Waals surface area contributed by atoms with Gasteiger partial charge in [0.1, 0.15) is 11.5 Å². The van der Waals surface area contributed by atoms with Gasteiger partial charge in [0.2, 0.25) is 5.91 Å². The Bertz CT molecular complexity index is 680. The van der Waals surface area contributed by atoms with Gasteiger partial charge < -0.3 is 19.9 Å². The number of aliphatic carboxylic acids is 1. The van der Waals surface area contributed by atoms with Gasteiger partial charge >= 0.3 is 5.97 Å². The highest BCUT2D eigenvalue weighted by Gasteiger charge is 2.37. The van der Waals surface area contributed by atoms with Crippen LogP contribution in [0.2, 0.25) is 0 Å². The number of benzene rings is 1. The second kappa shape index (κ2) is 7.38. The van der Waals surface area contributed by atoms with Crippen molar-refractivity contribution in [3.05, 3.63) is 29.3 Å². The molecule has 0 heterocycles. The fraction of sp³-hybridized carbons (Fsp3) is 0.444. The normalized spacial score (nSPS) is 20.5. The van der Waals surface area contributed by atoms with Gasteiger partial charge in [-0.25, -0.2) is 0 Å². The number of carboxylic acids is 1. The number of allylic oxidation sites excluding steroid dienone is 2. The van der Waals surface area contributed by atoms with Gasteiger partial charge in [-0.1, -0.05) is 11.1 Å². The number of carbonyl (C=O) groups is 2. The zero-order chi connectivity index (χ0) is 17.9. The Morgan fingerprint density at radius 2 is 1.71 bits per heavy atom.